The van der Waals surface area contributed by atoms with Crippen molar-refractivity contribution in [3.8, 4) is 0 Å². The zero-order valence-electron chi connectivity index (χ0n) is 9.03. The number of aliphatic carboxylic acids is 1. The third-order valence-electron chi connectivity index (χ3n) is 1.74. The molecule has 0 aliphatic carbocycles. The minimum absolute atomic E-state index is 0.225. The summed E-state index contributed by atoms with van der Waals surface area (Å²) in [6, 6.07) is -0.731. The van der Waals surface area contributed by atoms with Gasteiger partial charge in [0.2, 0.25) is 5.91 Å². The lowest BCUT2D eigenvalue weighted by Crippen LogP contribution is -2.50. The Bertz CT molecular complexity index is 289. The van der Waals surface area contributed by atoms with Gasteiger partial charge < -0.3 is 26.2 Å². The lowest BCUT2D eigenvalue weighted by atomic mass is 10.1. The van der Waals surface area contributed by atoms with E-state index in [1.165, 1.54) is 7.05 Å². The predicted octanol–water partition coefficient (Wildman–Crippen LogP) is -2.13. The van der Waals surface area contributed by atoms with E-state index in [1.807, 2.05) is 0 Å². The molecule has 3 amide bonds. The van der Waals surface area contributed by atoms with Gasteiger partial charge in [0.25, 0.3) is 0 Å². The number of rotatable bonds is 5. The number of hydrogen-bond acceptors (Lipinski definition) is 4. The molecule has 16 heavy (non-hydrogen) atoms. The fourth-order valence-corrected chi connectivity index (χ4v) is 0.639. The Morgan fingerprint density at radius 1 is 1.25 bits per heavy atom. The summed E-state index contributed by atoms with van der Waals surface area (Å²) in [6.07, 6.45) is 0. The zero-order chi connectivity index (χ0) is 12.8. The standard InChI is InChI=1S/C8H15N3O5/c1-8(16,6(13)14)4-11-7(15)10-3-5(12)9-2/h16H,3-4H2,1-2H3,(H,9,12)(H,13,14)(H2,10,11,15). The highest BCUT2D eigenvalue weighted by atomic mass is 16.4. The Morgan fingerprint density at radius 2 is 1.81 bits per heavy atom. The Balaban J connectivity index is 3.90. The lowest BCUT2D eigenvalue weighted by Gasteiger charge is -2.18. The fourth-order valence-electron chi connectivity index (χ4n) is 0.639. The van der Waals surface area contributed by atoms with Crippen molar-refractivity contribution < 1.29 is 24.6 Å². The van der Waals surface area contributed by atoms with E-state index in [2.05, 4.69) is 16.0 Å². The maximum Gasteiger partial charge on any atom is 0.337 e. The molecule has 1 atom stereocenters. The van der Waals surface area contributed by atoms with Crippen LogP contribution in [0.2, 0.25) is 0 Å². The van der Waals surface area contributed by atoms with Crippen molar-refractivity contribution in [2.45, 2.75) is 12.5 Å². The van der Waals surface area contributed by atoms with Gasteiger partial charge in [-0.05, 0) is 6.92 Å². The Kier molecular flexibility index (Phi) is 5.23. The number of carboxylic acids is 1. The first-order valence-corrected chi connectivity index (χ1v) is 4.47. The van der Waals surface area contributed by atoms with Gasteiger partial charge in [-0.3, -0.25) is 4.79 Å². The molecule has 0 aromatic carbocycles. The highest BCUT2D eigenvalue weighted by Crippen LogP contribution is 2.00. The van der Waals surface area contributed by atoms with E-state index in [-0.39, 0.29) is 12.5 Å². The number of carboxylic acid groups (broad SMARTS) is 1. The average molecular weight is 233 g/mol. The number of aliphatic hydroxyl groups is 1. The summed E-state index contributed by atoms with van der Waals surface area (Å²) in [6.45, 7) is 0.369. The van der Waals surface area contributed by atoms with Gasteiger partial charge in [-0.15, -0.1) is 0 Å². The van der Waals surface area contributed by atoms with Gasteiger partial charge in [0.1, 0.15) is 0 Å². The van der Waals surface area contributed by atoms with E-state index in [9.17, 15) is 19.5 Å². The molecule has 0 saturated heterocycles. The number of nitrogens with one attached hydrogen (secondary N) is 3. The minimum Gasteiger partial charge on any atom is -0.479 e. The van der Waals surface area contributed by atoms with Crippen LogP contribution in [0.1, 0.15) is 6.92 Å². The number of carbonyl (C=O) groups is 3. The maximum absolute atomic E-state index is 11.0. The van der Waals surface area contributed by atoms with E-state index in [0.717, 1.165) is 6.92 Å². The molecule has 0 spiro atoms. The number of likely N-dealkylation sites (N-methyl/N-ethyl adjacent to an activating group) is 1. The van der Waals surface area contributed by atoms with Crippen LogP contribution in [-0.4, -0.2) is 53.9 Å². The van der Waals surface area contributed by atoms with Crippen molar-refractivity contribution in [1.29, 1.82) is 0 Å². The van der Waals surface area contributed by atoms with Crippen LogP contribution in [-0.2, 0) is 9.59 Å². The quantitative estimate of drug-likeness (QED) is 0.370. The Morgan fingerprint density at radius 3 is 2.25 bits per heavy atom. The van der Waals surface area contributed by atoms with Gasteiger partial charge in [0.05, 0.1) is 13.1 Å². The second-order valence-electron chi connectivity index (χ2n) is 3.29. The average Bonchev–Trinajstić information content (AvgIpc) is 2.22. The second-order valence-corrected chi connectivity index (χ2v) is 3.29. The third kappa shape index (κ3) is 5.15. The fraction of sp³-hybridized carbons (Fsp3) is 0.625. The molecule has 0 aromatic heterocycles. The molecule has 8 nitrogen and oxygen atoms in total. The first kappa shape index (κ1) is 14.2. The number of urea groups is 1. The number of amides is 3. The summed E-state index contributed by atoms with van der Waals surface area (Å²) in [5.41, 5.74) is -2.04. The molecule has 5 N–H and O–H groups in total. The smallest absolute Gasteiger partial charge is 0.337 e. The van der Waals surface area contributed by atoms with Crippen molar-refractivity contribution in [3.05, 3.63) is 0 Å². The van der Waals surface area contributed by atoms with Gasteiger partial charge in [0.15, 0.2) is 5.60 Å². The molecule has 0 heterocycles. The monoisotopic (exact) mass is 233 g/mol. The van der Waals surface area contributed by atoms with Gasteiger partial charge in [0, 0.05) is 7.05 Å². The third-order valence-corrected chi connectivity index (χ3v) is 1.74. The molecule has 0 fully saturated rings. The molecular weight excluding hydrogens is 218 g/mol. The number of hydrogen-bond donors (Lipinski definition) is 5. The molecule has 0 saturated carbocycles. The SMILES string of the molecule is CNC(=O)CNC(=O)NCC(C)(O)C(=O)O. The first-order chi connectivity index (χ1) is 7.29. The second kappa shape index (κ2) is 5.91. The largest absolute Gasteiger partial charge is 0.479 e. The van der Waals surface area contributed by atoms with Gasteiger partial charge in [-0.1, -0.05) is 0 Å². The van der Waals surface area contributed by atoms with E-state index < -0.39 is 24.1 Å². The first-order valence-electron chi connectivity index (χ1n) is 4.47. The topological polar surface area (TPSA) is 128 Å². The molecule has 0 aromatic rings. The summed E-state index contributed by atoms with van der Waals surface area (Å²) in [5.74, 6) is -1.83. The van der Waals surface area contributed by atoms with Crippen LogP contribution in [0.15, 0.2) is 0 Å². The summed E-state index contributed by atoms with van der Waals surface area (Å²) in [5, 5.41) is 24.4. The van der Waals surface area contributed by atoms with Crippen molar-refractivity contribution in [1.82, 2.24) is 16.0 Å². The van der Waals surface area contributed by atoms with Crippen LogP contribution < -0.4 is 16.0 Å². The summed E-state index contributed by atoms with van der Waals surface area (Å²) >= 11 is 0. The lowest BCUT2D eigenvalue weighted by molar-refractivity contribution is -0.155. The van der Waals surface area contributed by atoms with E-state index in [0.29, 0.717) is 0 Å². The van der Waals surface area contributed by atoms with Gasteiger partial charge in [-0.2, -0.15) is 0 Å². The van der Waals surface area contributed by atoms with Gasteiger partial charge >= 0.3 is 12.0 Å². The predicted molar refractivity (Wildman–Crippen MR) is 53.7 cm³/mol. The van der Waals surface area contributed by atoms with E-state index in [1.54, 1.807) is 0 Å². The van der Waals surface area contributed by atoms with E-state index in [4.69, 9.17) is 5.11 Å². The van der Waals surface area contributed by atoms with E-state index >= 15 is 0 Å². The van der Waals surface area contributed by atoms with Crippen LogP contribution in [0.4, 0.5) is 4.79 Å². The van der Waals surface area contributed by atoms with Crippen LogP contribution in [0.5, 0.6) is 0 Å². The maximum atomic E-state index is 11.0. The van der Waals surface area contributed by atoms with Gasteiger partial charge in [-0.25, -0.2) is 9.59 Å². The molecule has 1 unspecified atom stereocenters. The van der Waals surface area contributed by atoms with Crippen molar-refractivity contribution in [2.75, 3.05) is 20.1 Å². The molecular formula is C8H15N3O5. The normalized spacial score (nSPS) is 13.4. The van der Waals surface area contributed by atoms with Crippen LogP contribution in [0.3, 0.4) is 0 Å². The number of carbonyl (C=O) groups excluding carboxylic acids is 2. The van der Waals surface area contributed by atoms with Crippen LogP contribution in [0, 0.1) is 0 Å². The Hall–Kier alpha value is -1.83. The molecule has 8 heteroatoms. The minimum atomic E-state index is -2.04. The zero-order valence-corrected chi connectivity index (χ0v) is 9.03. The molecule has 0 aliphatic rings. The summed E-state index contributed by atoms with van der Waals surface area (Å²) in [7, 11) is 1.41. The van der Waals surface area contributed by atoms with Crippen molar-refractivity contribution in [2.24, 2.45) is 0 Å². The molecule has 0 radical (unpaired) electrons. The molecule has 92 valence electrons. The summed E-state index contributed by atoms with van der Waals surface area (Å²) < 4.78 is 0. The Labute approximate surface area is 92.0 Å². The highest BCUT2D eigenvalue weighted by molar-refractivity contribution is 5.84. The molecule has 0 aliphatic heterocycles. The summed E-state index contributed by atoms with van der Waals surface area (Å²) in [4.78, 5) is 32.2. The van der Waals surface area contributed by atoms with Crippen LogP contribution >= 0.6 is 0 Å². The highest BCUT2D eigenvalue weighted by Gasteiger charge is 2.30. The van der Waals surface area contributed by atoms with Crippen molar-refractivity contribution >= 4 is 17.9 Å². The van der Waals surface area contributed by atoms with Crippen LogP contribution in [0.25, 0.3) is 0 Å². The van der Waals surface area contributed by atoms with Crippen molar-refractivity contribution in [3.63, 3.8) is 0 Å². The molecule has 0 rings (SSSR count). The molecule has 0 bridgehead atoms.